The topological polar surface area (TPSA) is 81.1 Å². The molecule has 1 unspecified atom stereocenters. The molecule has 1 amide bonds. The Morgan fingerprint density at radius 2 is 1.78 bits per heavy atom. The number of hydrogen-bond donors (Lipinski definition) is 2. The lowest BCUT2D eigenvalue weighted by Crippen LogP contribution is -2.34. The number of carbonyl (C=O) groups is 1. The van der Waals surface area contributed by atoms with Crippen LogP contribution in [0, 0.1) is 6.92 Å². The molecule has 37 heavy (non-hydrogen) atoms. The number of ether oxygens (including phenoxy) is 1. The van der Waals surface area contributed by atoms with Gasteiger partial charge >= 0.3 is 0 Å². The standard InChI is InChI=1S/C29H33N5O2S/c1-5-7-9-21-12-14-23(15-13-21)34-32-26-16-19(3)25(18-27(26)33-34)30-29(37)31-28(35)22-10-8-11-24(17-22)36-20(4)6-2/h8,10-18,20H,5-7,9H2,1-4H3,(H2,30,31,35,37). The molecule has 0 aliphatic carbocycles. The van der Waals surface area contributed by atoms with Crippen molar-refractivity contribution in [2.75, 3.05) is 5.32 Å². The number of unbranched alkanes of at least 4 members (excludes halogenated alkanes) is 1. The number of aryl methyl sites for hydroxylation is 2. The van der Waals surface area contributed by atoms with Gasteiger partial charge in [-0.3, -0.25) is 10.1 Å². The second-order valence-electron chi connectivity index (χ2n) is 9.19. The number of anilines is 1. The number of fused-ring (bicyclic) bond motifs is 1. The minimum absolute atomic E-state index is 0.0714. The molecule has 0 spiro atoms. The van der Waals surface area contributed by atoms with Gasteiger partial charge in [-0.15, -0.1) is 10.2 Å². The van der Waals surface area contributed by atoms with Crippen molar-refractivity contribution in [3.05, 3.63) is 77.4 Å². The molecule has 0 radical (unpaired) electrons. The molecule has 7 nitrogen and oxygen atoms in total. The van der Waals surface area contributed by atoms with Crippen LogP contribution in [0.3, 0.4) is 0 Å². The molecule has 0 aliphatic heterocycles. The van der Waals surface area contributed by atoms with E-state index in [1.807, 2.05) is 44.2 Å². The van der Waals surface area contributed by atoms with Crippen molar-refractivity contribution in [3.8, 4) is 11.4 Å². The Labute approximate surface area is 223 Å². The van der Waals surface area contributed by atoms with Crippen LogP contribution in [0.25, 0.3) is 16.7 Å². The smallest absolute Gasteiger partial charge is 0.257 e. The zero-order valence-corrected chi connectivity index (χ0v) is 22.6. The van der Waals surface area contributed by atoms with E-state index >= 15 is 0 Å². The van der Waals surface area contributed by atoms with Gasteiger partial charge in [0.2, 0.25) is 0 Å². The van der Waals surface area contributed by atoms with Crippen molar-refractivity contribution in [1.82, 2.24) is 20.3 Å². The SMILES string of the molecule is CCCCc1ccc(-n2nc3cc(C)c(NC(=S)NC(=O)c4cccc(OC(C)CC)c4)cc3n2)cc1. The predicted octanol–water partition coefficient (Wildman–Crippen LogP) is 6.38. The fourth-order valence-corrected chi connectivity index (χ4v) is 4.05. The summed E-state index contributed by atoms with van der Waals surface area (Å²) >= 11 is 5.42. The largest absolute Gasteiger partial charge is 0.491 e. The first-order chi connectivity index (χ1) is 17.9. The van der Waals surface area contributed by atoms with Gasteiger partial charge in [0.05, 0.1) is 11.8 Å². The molecular weight excluding hydrogens is 482 g/mol. The zero-order valence-electron chi connectivity index (χ0n) is 21.7. The van der Waals surface area contributed by atoms with Crippen molar-refractivity contribution >= 4 is 40.0 Å². The highest BCUT2D eigenvalue weighted by Crippen LogP contribution is 2.23. The molecule has 1 aromatic heterocycles. The summed E-state index contributed by atoms with van der Waals surface area (Å²) in [6, 6.07) is 19.3. The van der Waals surface area contributed by atoms with Crippen LogP contribution in [0.15, 0.2) is 60.7 Å². The maximum absolute atomic E-state index is 12.8. The van der Waals surface area contributed by atoms with Crippen molar-refractivity contribution in [3.63, 3.8) is 0 Å². The monoisotopic (exact) mass is 515 g/mol. The average molecular weight is 516 g/mol. The van der Waals surface area contributed by atoms with E-state index in [2.05, 4.69) is 46.8 Å². The number of aromatic nitrogens is 3. The van der Waals surface area contributed by atoms with E-state index in [9.17, 15) is 4.79 Å². The number of thiocarbonyl (C=S) groups is 1. The summed E-state index contributed by atoms with van der Waals surface area (Å²) in [7, 11) is 0. The van der Waals surface area contributed by atoms with Crippen LogP contribution >= 0.6 is 12.2 Å². The van der Waals surface area contributed by atoms with Crippen LogP contribution in [0.5, 0.6) is 5.75 Å². The van der Waals surface area contributed by atoms with E-state index < -0.39 is 0 Å². The van der Waals surface area contributed by atoms with Gasteiger partial charge in [0.1, 0.15) is 16.8 Å². The number of amides is 1. The summed E-state index contributed by atoms with van der Waals surface area (Å²) in [5, 5.41) is 15.4. The quantitative estimate of drug-likeness (QED) is 0.252. The van der Waals surface area contributed by atoms with Gasteiger partial charge in [-0.25, -0.2) is 0 Å². The van der Waals surface area contributed by atoms with Crippen LogP contribution in [-0.4, -0.2) is 32.1 Å². The van der Waals surface area contributed by atoms with E-state index in [4.69, 9.17) is 17.0 Å². The lowest BCUT2D eigenvalue weighted by Gasteiger charge is -2.14. The fraction of sp³-hybridized carbons (Fsp3) is 0.310. The van der Waals surface area contributed by atoms with E-state index in [-0.39, 0.29) is 17.1 Å². The molecular formula is C29H33N5O2S. The number of benzene rings is 3. The molecule has 1 atom stereocenters. The highest BCUT2D eigenvalue weighted by Gasteiger charge is 2.13. The molecule has 0 aliphatic rings. The van der Waals surface area contributed by atoms with Crippen LogP contribution in [-0.2, 0) is 6.42 Å². The summed E-state index contributed by atoms with van der Waals surface area (Å²) in [5.74, 6) is 0.347. The summed E-state index contributed by atoms with van der Waals surface area (Å²) in [6.45, 7) is 8.20. The van der Waals surface area contributed by atoms with Gasteiger partial charge in [-0.1, -0.05) is 38.5 Å². The highest BCUT2D eigenvalue weighted by atomic mass is 32.1. The molecule has 0 bridgehead atoms. The lowest BCUT2D eigenvalue weighted by atomic mass is 10.1. The summed E-state index contributed by atoms with van der Waals surface area (Å²) in [5.41, 5.74) is 5.91. The Balaban J connectivity index is 1.44. The minimum Gasteiger partial charge on any atom is -0.491 e. The molecule has 192 valence electrons. The molecule has 2 N–H and O–H groups in total. The van der Waals surface area contributed by atoms with Gasteiger partial charge in [-0.05, 0) is 98.9 Å². The zero-order chi connectivity index (χ0) is 26.4. The number of carbonyl (C=O) groups excluding carboxylic acids is 1. The Kier molecular flexibility index (Phi) is 8.50. The lowest BCUT2D eigenvalue weighted by molar-refractivity contribution is 0.0977. The van der Waals surface area contributed by atoms with Gasteiger partial charge in [0.15, 0.2) is 5.11 Å². The molecule has 3 aromatic carbocycles. The molecule has 0 saturated heterocycles. The normalized spacial score (nSPS) is 11.8. The second kappa shape index (κ2) is 12.0. The Bertz CT molecular complexity index is 1400. The van der Waals surface area contributed by atoms with Crippen molar-refractivity contribution in [1.29, 1.82) is 0 Å². The van der Waals surface area contributed by atoms with Crippen LogP contribution in [0.4, 0.5) is 5.69 Å². The van der Waals surface area contributed by atoms with E-state index in [0.29, 0.717) is 11.3 Å². The molecule has 1 heterocycles. The first-order valence-corrected chi connectivity index (χ1v) is 13.1. The maximum atomic E-state index is 12.8. The number of nitrogens with zero attached hydrogens (tertiary/aromatic N) is 3. The third-order valence-corrected chi connectivity index (χ3v) is 6.40. The first kappa shape index (κ1) is 26.3. The summed E-state index contributed by atoms with van der Waals surface area (Å²) in [4.78, 5) is 14.4. The molecule has 8 heteroatoms. The summed E-state index contributed by atoms with van der Waals surface area (Å²) in [6.07, 6.45) is 4.39. The predicted molar refractivity (Wildman–Crippen MR) is 153 cm³/mol. The second-order valence-corrected chi connectivity index (χ2v) is 9.60. The van der Waals surface area contributed by atoms with E-state index in [0.717, 1.165) is 40.8 Å². The Morgan fingerprint density at radius 1 is 1.05 bits per heavy atom. The molecule has 0 saturated carbocycles. The fourth-order valence-electron chi connectivity index (χ4n) is 3.85. The first-order valence-electron chi connectivity index (χ1n) is 12.7. The van der Waals surface area contributed by atoms with Crippen molar-refractivity contribution in [2.45, 2.75) is 59.5 Å². The van der Waals surface area contributed by atoms with Gasteiger partial charge in [0, 0.05) is 11.3 Å². The number of rotatable bonds is 9. The average Bonchev–Trinajstić information content (AvgIpc) is 3.30. The van der Waals surface area contributed by atoms with E-state index in [1.165, 1.54) is 18.4 Å². The van der Waals surface area contributed by atoms with Gasteiger partial charge < -0.3 is 10.1 Å². The maximum Gasteiger partial charge on any atom is 0.257 e. The third-order valence-electron chi connectivity index (χ3n) is 6.20. The highest BCUT2D eigenvalue weighted by molar-refractivity contribution is 7.80. The minimum atomic E-state index is -0.306. The Morgan fingerprint density at radius 3 is 2.49 bits per heavy atom. The third kappa shape index (κ3) is 6.71. The van der Waals surface area contributed by atoms with Crippen LogP contribution < -0.4 is 15.4 Å². The van der Waals surface area contributed by atoms with Crippen molar-refractivity contribution in [2.24, 2.45) is 0 Å². The van der Waals surface area contributed by atoms with Gasteiger partial charge in [-0.2, -0.15) is 4.80 Å². The van der Waals surface area contributed by atoms with E-state index in [1.54, 1.807) is 23.0 Å². The van der Waals surface area contributed by atoms with Crippen molar-refractivity contribution < 1.29 is 9.53 Å². The number of hydrogen-bond acceptors (Lipinski definition) is 5. The Hall–Kier alpha value is -3.78. The van der Waals surface area contributed by atoms with Gasteiger partial charge in [0.25, 0.3) is 5.91 Å². The molecule has 4 rings (SSSR count). The number of nitrogens with one attached hydrogen (secondary N) is 2. The summed E-state index contributed by atoms with van der Waals surface area (Å²) < 4.78 is 5.82. The molecule has 0 fully saturated rings. The van der Waals surface area contributed by atoms with Crippen LogP contribution in [0.1, 0.15) is 61.5 Å². The van der Waals surface area contributed by atoms with Crippen LogP contribution in [0.2, 0.25) is 0 Å². The molecule has 4 aromatic rings.